The van der Waals surface area contributed by atoms with Crippen LogP contribution in [-0.4, -0.2) is 0 Å². The number of fused-ring (bicyclic) bond motifs is 4. The third-order valence-corrected chi connectivity index (χ3v) is 4.74. The summed E-state index contributed by atoms with van der Waals surface area (Å²) in [6.07, 6.45) is 0. The van der Waals surface area contributed by atoms with Crippen LogP contribution in [0.15, 0.2) is 78.9 Å². The minimum atomic E-state index is 0.702. The summed E-state index contributed by atoms with van der Waals surface area (Å²) in [5.74, 6) is 0. The maximum atomic E-state index is 9.10. The molecule has 0 spiro atoms. The first kappa shape index (κ1) is 13.1. The molecule has 0 unspecified atom stereocenters. The summed E-state index contributed by atoms with van der Waals surface area (Å²) in [7, 11) is 0. The topological polar surface area (TPSA) is 23.8 Å². The zero-order chi connectivity index (χ0) is 16.1. The van der Waals surface area contributed by atoms with E-state index in [0.29, 0.717) is 5.56 Å². The maximum Gasteiger partial charge on any atom is 0.0991 e. The van der Waals surface area contributed by atoms with E-state index < -0.39 is 0 Å². The molecule has 110 valence electrons. The summed E-state index contributed by atoms with van der Waals surface area (Å²) in [5, 5.41) is 18.9. The van der Waals surface area contributed by atoms with Crippen molar-refractivity contribution in [3.63, 3.8) is 0 Å². The first-order valence-electron chi connectivity index (χ1n) is 8.00. The molecule has 1 heteroatoms. The van der Waals surface area contributed by atoms with E-state index in [1.807, 2.05) is 18.2 Å². The van der Waals surface area contributed by atoms with Crippen molar-refractivity contribution in [2.75, 3.05) is 0 Å². The molecular formula is C23H13N. The highest BCUT2D eigenvalue weighted by Crippen LogP contribution is 2.30. The molecule has 5 aromatic carbocycles. The summed E-state index contributed by atoms with van der Waals surface area (Å²) >= 11 is 0. The molecule has 5 aromatic rings. The van der Waals surface area contributed by atoms with Crippen molar-refractivity contribution in [2.45, 2.75) is 0 Å². The lowest BCUT2D eigenvalue weighted by atomic mass is 9.97. The van der Waals surface area contributed by atoms with Gasteiger partial charge in [-0.15, -0.1) is 0 Å². The maximum absolute atomic E-state index is 9.10. The number of hydrogen-bond donors (Lipinski definition) is 0. The third-order valence-electron chi connectivity index (χ3n) is 4.74. The number of rotatable bonds is 0. The van der Waals surface area contributed by atoms with Gasteiger partial charge in [-0.2, -0.15) is 5.26 Å². The van der Waals surface area contributed by atoms with E-state index in [2.05, 4.69) is 66.7 Å². The van der Waals surface area contributed by atoms with Gasteiger partial charge in [0, 0.05) is 0 Å². The molecular weight excluding hydrogens is 290 g/mol. The van der Waals surface area contributed by atoms with E-state index in [9.17, 15) is 0 Å². The summed E-state index contributed by atoms with van der Waals surface area (Å²) in [6.45, 7) is 0. The predicted octanol–water partition coefficient (Wildman–Crippen LogP) is 6.17. The first-order valence-corrected chi connectivity index (χ1v) is 8.00. The van der Waals surface area contributed by atoms with E-state index in [1.54, 1.807) is 0 Å². The molecule has 0 aliphatic rings. The van der Waals surface area contributed by atoms with Gasteiger partial charge in [-0.05, 0) is 91.6 Å². The number of benzene rings is 5. The van der Waals surface area contributed by atoms with Crippen molar-refractivity contribution in [1.29, 1.82) is 5.26 Å². The van der Waals surface area contributed by atoms with Gasteiger partial charge >= 0.3 is 0 Å². The van der Waals surface area contributed by atoms with Gasteiger partial charge in [0.15, 0.2) is 0 Å². The van der Waals surface area contributed by atoms with Crippen molar-refractivity contribution in [3.8, 4) is 6.07 Å². The summed E-state index contributed by atoms with van der Waals surface area (Å²) < 4.78 is 0. The second-order valence-corrected chi connectivity index (χ2v) is 6.27. The van der Waals surface area contributed by atoms with Crippen molar-refractivity contribution in [3.05, 3.63) is 84.4 Å². The van der Waals surface area contributed by atoms with Crippen LogP contribution in [0.25, 0.3) is 43.1 Å². The fourth-order valence-electron chi connectivity index (χ4n) is 3.51. The Kier molecular flexibility index (Phi) is 2.63. The average Bonchev–Trinajstić information content (AvgIpc) is 2.62. The van der Waals surface area contributed by atoms with Gasteiger partial charge in [-0.25, -0.2) is 0 Å². The van der Waals surface area contributed by atoms with Crippen molar-refractivity contribution < 1.29 is 0 Å². The highest BCUT2D eigenvalue weighted by atomic mass is 14.2. The number of nitrogens with zero attached hydrogens (tertiary/aromatic N) is 1. The Morgan fingerprint density at radius 2 is 0.875 bits per heavy atom. The van der Waals surface area contributed by atoms with Crippen molar-refractivity contribution >= 4 is 43.1 Å². The predicted molar refractivity (Wildman–Crippen MR) is 101 cm³/mol. The lowest BCUT2D eigenvalue weighted by Crippen LogP contribution is -1.81. The standard InChI is InChI=1S/C23H13N/c24-14-15-5-6-18-10-22-12-20-8-16-3-1-2-4-17(16)9-21(20)13-23(22)11-19(18)7-15/h1-13H. The van der Waals surface area contributed by atoms with Crippen molar-refractivity contribution in [2.24, 2.45) is 0 Å². The van der Waals surface area contributed by atoms with Gasteiger partial charge in [0.1, 0.15) is 0 Å². The van der Waals surface area contributed by atoms with E-state index in [-0.39, 0.29) is 0 Å². The fraction of sp³-hybridized carbons (Fsp3) is 0. The molecule has 0 aromatic heterocycles. The summed E-state index contributed by atoms with van der Waals surface area (Å²) in [6, 6.07) is 29.9. The van der Waals surface area contributed by atoms with Crippen LogP contribution in [0.4, 0.5) is 0 Å². The molecule has 0 radical (unpaired) electrons. The molecule has 0 N–H and O–H groups in total. The second kappa shape index (κ2) is 4.81. The van der Waals surface area contributed by atoms with Crippen LogP contribution in [0, 0.1) is 11.3 Å². The molecule has 1 nitrogen and oxygen atoms in total. The van der Waals surface area contributed by atoms with Crippen molar-refractivity contribution in [1.82, 2.24) is 0 Å². The Morgan fingerprint density at radius 3 is 1.38 bits per heavy atom. The molecule has 0 amide bonds. The van der Waals surface area contributed by atoms with Crippen LogP contribution >= 0.6 is 0 Å². The van der Waals surface area contributed by atoms with Gasteiger partial charge < -0.3 is 0 Å². The largest absolute Gasteiger partial charge is 0.192 e. The number of hydrogen-bond acceptors (Lipinski definition) is 1. The van der Waals surface area contributed by atoms with Crippen LogP contribution in [0.5, 0.6) is 0 Å². The van der Waals surface area contributed by atoms with Crippen LogP contribution in [0.2, 0.25) is 0 Å². The van der Waals surface area contributed by atoms with Gasteiger partial charge in [-0.1, -0.05) is 30.3 Å². The average molecular weight is 303 g/mol. The van der Waals surface area contributed by atoms with Crippen LogP contribution in [-0.2, 0) is 0 Å². The minimum absolute atomic E-state index is 0.702. The van der Waals surface area contributed by atoms with E-state index in [0.717, 1.165) is 5.39 Å². The van der Waals surface area contributed by atoms with E-state index >= 15 is 0 Å². The zero-order valence-electron chi connectivity index (χ0n) is 13.0. The van der Waals surface area contributed by atoms with E-state index in [1.165, 1.54) is 37.7 Å². The Hall–Kier alpha value is -3.37. The summed E-state index contributed by atoms with van der Waals surface area (Å²) in [5.41, 5.74) is 0.702. The van der Waals surface area contributed by atoms with Gasteiger partial charge in [0.2, 0.25) is 0 Å². The normalized spacial score (nSPS) is 11.3. The smallest absolute Gasteiger partial charge is 0.0991 e. The molecule has 0 atom stereocenters. The van der Waals surface area contributed by atoms with Gasteiger partial charge in [-0.3, -0.25) is 0 Å². The molecule has 0 heterocycles. The quantitative estimate of drug-likeness (QED) is 0.314. The molecule has 0 bridgehead atoms. The van der Waals surface area contributed by atoms with Crippen LogP contribution in [0.3, 0.4) is 0 Å². The van der Waals surface area contributed by atoms with Crippen LogP contribution < -0.4 is 0 Å². The Balaban J connectivity index is 1.88. The SMILES string of the molecule is N#Cc1ccc2cc3cc4cc5ccccc5cc4cc3cc2c1. The Bertz CT molecular complexity index is 1310. The van der Waals surface area contributed by atoms with Crippen LogP contribution in [0.1, 0.15) is 5.56 Å². The first-order chi connectivity index (χ1) is 11.8. The second-order valence-electron chi connectivity index (χ2n) is 6.27. The fourth-order valence-corrected chi connectivity index (χ4v) is 3.51. The summed E-state index contributed by atoms with van der Waals surface area (Å²) in [4.78, 5) is 0. The Morgan fingerprint density at radius 1 is 0.458 bits per heavy atom. The van der Waals surface area contributed by atoms with Gasteiger partial charge in [0.25, 0.3) is 0 Å². The third kappa shape index (κ3) is 1.94. The zero-order valence-corrected chi connectivity index (χ0v) is 13.0. The minimum Gasteiger partial charge on any atom is -0.192 e. The Labute approximate surface area is 139 Å². The van der Waals surface area contributed by atoms with Gasteiger partial charge in [0.05, 0.1) is 11.6 Å². The number of nitriles is 1. The molecule has 0 aliphatic carbocycles. The highest BCUT2D eigenvalue weighted by Gasteiger charge is 2.04. The molecule has 0 fully saturated rings. The lowest BCUT2D eigenvalue weighted by Gasteiger charge is -2.07. The van der Waals surface area contributed by atoms with E-state index in [4.69, 9.17) is 5.26 Å². The molecule has 0 aliphatic heterocycles. The lowest BCUT2D eigenvalue weighted by molar-refractivity contribution is 1.50. The molecule has 24 heavy (non-hydrogen) atoms. The highest BCUT2D eigenvalue weighted by molar-refractivity contribution is 6.08. The molecule has 0 saturated carbocycles. The monoisotopic (exact) mass is 303 g/mol. The molecule has 0 saturated heterocycles. The molecule has 5 rings (SSSR count).